The van der Waals surface area contributed by atoms with Gasteiger partial charge in [-0.1, -0.05) is 161 Å². The summed E-state index contributed by atoms with van der Waals surface area (Å²) in [6.07, 6.45) is 0. The van der Waals surface area contributed by atoms with E-state index in [-0.39, 0.29) is 0 Å². The summed E-state index contributed by atoms with van der Waals surface area (Å²) in [5.74, 6) is 0.855. The highest BCUT2D eigenvalue weighted by molar-refractivity contribution is 6.20. The van der Waals surface area contributed by atoms with E-state index in [1.54, 1.807) is 0 Å². The summed E-state index contributed by atoms with van der Waals surface area (Å²) in [6.45, 7) is 13.5. The molecule has 3 nitrogen and oxygen atoms in total. The van der Waals surface area contributed by atoms with Gasteiger partial charge in [-0.15, -0.1) is 0 Å². The van der Waals surface area contributed by atoms with Crippen LogP contribution in [0.4, 0.5) is 34.1 Å². The number of hydrogen-bond acceptors (Lipinski definition) is 3. The molecule has 66 heavy (non-hydrogen) atoms. The van der Waals surface area contributed by atoms with Crippen LogP contribution in [0.5, 0.6) is 0 Å². The van der Waals surface area contributed by atoms with Crippen LogP contribution in [0.25, 0.3) is 44.2 Å². The Hall–Kier alpha value is -7.62. The average molecular weight is 853 g/mol. The average Bonchev–Trinajstić information content (AvgIpc) is 3.97. The molecule has 0 saturated carbocycles. The second kappa shape index (κ2) is 15.2. The molecule has 0 amide bonds. The minimum Gasteiger partial charge on any atom is -0.454 e. The molecule has 0 N–H and O–H groups in total. The van der Waals surface area contributed by atoms with Crippen molar-refractivity contribution in [1.29, 1.82) is 0 Å². The number of hydrogen-bond donors (Lipinski definition) is 0. The van der Waals surface area contributed by atoms with E-state index in [2.05, 4.69) is 245 Å². The molecule has 1 spiro atoms. The lowest BCUT2D eigenvalue weighted by molar-refractivity contribution is 0.668. The van der Waals surface area contributed by atoms with Gasteiger partial charge in [-0.25, -0.2) is 0 Å². The minimum atomic E-state index is -0.646. The van der Waals surface area contributed by atoms with Crippen molar-refractivity contribution in [2.45, 2.75) is 58.8 Å². The minimum absolute atomic E-state index is 0.417. The molecular formula is C63H52N2O. The topological polar surface area (TPSA) is 19.6 Å². The van der Waals surface area contributed by atoms with Crippen molar-refractivity contribution in [1.82, 2.24) is 0 Å². The molecule has 0 saturated heterocycles. The van der Waals surface area contributed by atoms with E-state index < -0.39 is 5.41 Å². The number of aryl methyl sites for hydroxylation is 2. The molecule has 10 aromatic rings. The van der Waals surface area contributed by atoms with Crippen LogP contribution in [-0.2, 0) is 5.41 Å². The van der Waals surface area contributed by atoms with E-state index in [0.29, 0.717) is 11.8 Å². The lowest BCUT2D eigenvalue weighted by Gasteiger charge is -2.33. The van der Waals surface area contributed by atoms with Crippen LogP contribution in [-0.4, -0.2) is 0 Å². The summed E-state index contributed by atoms with van der Waals surface area (Å²) in [5.41, 5.74) is 22.9. The summed E-state index contributed by atoms with van der Waals surface area (Å²) in [7, 11) is 0. The molecule has 0 unspecified atom stereocenters. The van der Waals surface area contributed by atoms with Crippen LogP contribution in [0, 0.1) is 13.8 Å². The Balaban J connectivity index is 1.22. The third-order valence-corrected chi connectivity index (χ3v) is 14.5. The molecule has 0 radical (unpaired) electrons. The Morgan fingerprint density at radius 3 is 1.50 bits per heavy atom. The normalized spacial score (nSPS) is 13.1. The molecule has 0 fully saturated rings. The molecule has 1 heterocycles. The van der Waals surface area contributed by atoms with Crippen LogP contribution in [0.2, 0.25) is 0 Å². The summed E-state index contributed by atoms with van der Waals surface area (Å²) in [6, 6.07) is 72.4. The molecule has 320 valence electrons. The summed E-state index contributed by atoms with van der Waals surface area (Å²) in [5, 5.41) is 2.26. The van der Waals surface area contributed by atoms with Crippen molar-refractivity contribution in [2.24, 2.45) is 0 Å². The van der Waals surface area contributed by atoms with Crippen molar-refractivity contribution >= 4 is 56.1 Å². The Labute approximate surface area is 388 Å². The molecular weight excluding hydrogens is 801 g/mol. The summed E-state index contributed by atoms with van der Waals surface area (Å²) in [4.78, 5) is 4.90. The highest BCUT2D eigenvalue weighted by Crippen LogP contribution is 2.66. The Bertz CT molecular complexity index is 3470. The van der Waals surface area contributed by atoms with Crippen molar-refractivity contribution < 1.29 is 4.42 Å². The van der Waals surface area contributed by atoms with Gasteiger partial charge in [-0.3, -0.25) is 0 Å². The smallest absolute Gasteiger partial charge is 0.160 e. The lowest BCUT2D eigenvalue weighted by atomic mass is 9.70. The highest BCUT2D eigenvalue weighted by atomic mass is 16.3. The lowest BCUT2D eigenvalue weighted by Crippen LogP contribution is -2.26. The first-order valence-electron chi connectivity index (χ1n) is 23.5. The van der Waals surface area contributed by atoms with Crippen molar-refractivity contribution in [3.05, 3.63) is 239 Å². The fourth-order valence-corrected chi connectivity index (χ4v) is 11.3. The second-order valence-electron chi connectivity index (χ2n) is 18.9. The van der Waals surface area contributed by atoms with Gasteiger partial charge >= 0.3 is 0 Å². The standard InChI is InChI=1S/C63H52N2O/c1-39(2)43-27-31-45(32-28-43)64(56-24-14-7-17-41(56)5)47-35-36-50-54(37-47)63(52-22-12-9-19-48(52)49-20-10-13-23-53(49)63)55-38-58(62-61(60(50)55)51-21-11-16-26-59(51)66-62)65(57-25-15-8-18-42(57)6)46-33-29-44(30-34-46)40(3)4/h7-40H,1-6H3. The monoisotopic (exact) mass is 852 g/mol. The van der Waals surface area contributed by atoms with E-state index in [9.17, 15) is 0 Å². The maximum atomic E-state index is 7.21. The fourth-order valence-electron chi connectivity index (χ4n) is 11.3. The van der Waals surface area contributed by atoms with E-state index >= 15 is 0 Å². The number of furan rings is 1. The van der Waals surface area contributed by atoms with Crippen molar-refractivity contribution in [3.63, 3.8) is 0 Å². The van der Waals surface area contributed by atoms with Gasteiger partial charge in [0, 0.05) is 39.2 Å². The largest absolute Gasteiger partial charge is 0.454 e. The van der Waals surface area contributed by atoms with Crippen LogP contribution < -0.4 is 9.80 Å². The van der Waals surface area contributed by atoms with Gasteiger partial charge in [0.1, 0.15) is 5.58 Å². The zero-order valence-electron chi connectivity index (χ0n) is 38.4. The molecule has 0 atom stereocenters. The maximum Gasteiger partial charge on any atom is 0.160 e. The third kappa shape index (κ3) is 5.82. The first-order chi connectivity index (χ1) is 32.2. The Morgan fingerprint density at radius 1 is 0.409 bits per heavy atom. The molecule has 2 aliphatic rings. The SMILES string of the molecule is Cc1ccccc1N(c1ccc(C(C)C)cc1)c1ccc2c(c1)C1(c3ccccc3-c3ccccc31)c1cc(N(c3ccc(C(C)C)cc3)c3ccccc3C)c3oc4ccccc4c3c1-2. The first-order valence-corrected chi connectivity index (χ1v) is 23.5. The zero-order valence-corrected chi connectivity index (χ0v) is 38.4. The quantitative estimate of drug-likeness (QED) is 0.152. The third-order valence-electron chi connectivity index (χ3n) is 14.5. The van der Waals surface area contributed by atoms with Crippen LogP contribution in [0.1, 0.15) is 84.0 Å². The van der Waals surface area contributed by atoms with E-state index in [0.717, 1.165) is 56.1 Å². The molecule has 0 aliphatic heterocycles. The molecule has 12 rings (SSSR count). The highest BCUT2D eigenvalue weighted by Gasteiger charge is 2.53. The van der Waals surface area contributed by atoms with Crippen molar-refractivity contribution in [2.75, 3.05) is 9.80 Å². The predicted octanol–water partition coefficient (Wildman–Crippen LogP) is 17.7. The van der Waals surface area contributed by atoms with Gasteiger partial charge in [-0.05, 0) is 153 Å². The summed E-state index contributed by atoms with van der Waals surface area (Å²) < 4.78 is 7.21. The number of fused-ring (bicyclic) bond motifs is 14. The van der Waals surface area contributed by atoms with Gasteiger partial charge in [-0.2, -0.15) is 0 Å². The van der Waals surface area contributed by atoms with E-state index in [1.165, 1.54) is 66.8 Å². The zero-order chi connectivity index (χ0) is 44.8. The van der Waals surface area contributed by atoms with Gasteiger partial charge in [0.15, 0.2) is 5.58 Å². The van der Waals surface area contributed by atoms with E-state index in [4.69, 9.17) is 4.42 Å². The number of para-hydroxylation sites is 3. The molecule has 9 aromatic carbocycles. The molecule has 1 aromatic heterocycles. The summed E-state index contributed by atoms with van der Waals surface area (Å²) >= 11 is 0. The number of nitrogens with zero attached hydrogens (tertiary/aromatic N) is 2. The van der Waals surface area contributed by atoms with Gasteiger partial charge in [0.2, 0.25) is 0 Å². The fraction of sp³-hybridized carbons (Fsp3) is 0.143. The van der Waals surface area contributed by atoms with Crippen molar-refractivity contribution in [3.8, 4) is 22.3 Å². The van der Waals surface area contributed by atoms with E-state index in [1.807, 2.05) is 0 Å². The number of rotatable bonds is 8. The molecule has 2 aliphatic carbocycles. The second-order valence-corrected chi connectivity index (χ2v) is 18.9. The Morgan fingerprint density at radius 2 is 0.909 bits per heavy atom. The van der Waals surface area contributed by atoms with Crippen LogP contribution >= 0.6 is 0 Å². The molecule has 0 bridgehead atoms. The van der Waals surface area contributed by atoms with Crippen LogP contribution in [0.15, 0.2) is 199 Å². The number of benzene rings is 9. The first kappa shape index (κ1) is 39.9. The predicted molar refractivity (Wildman–Crippen MR) is 277 cm³/mol. The maximum absolute atomic E-state index is 7.21. The Kier molecular flexibility index (Phi) is 9.22. The van der Waals surface area contributed by atoms with Gasteiger partial charge < -0.3 is 14.2 Å². The molecule has 3 heteroatoms. The number of anilines is 6. The van der Waals surface area contributed by atoms with Gasteiger partial charge in [0.25, 0.3) is 0 Å². The van der Waals surface area contributed by atoms with Gasteiger partial charge in [0.05, 0.1) is 11.1 Å². The van der Waals surface area contributed by atoms with Crippen LogP contribution in [0.3, 0.4) is 0 Å².